The van der Waals surface area contributed by atoms with Crippen LogP contribution in [0.4, 0.5) is 0 Å². The van der Waals surface area contributed by atoms with Gasteiger partial charge in [0.25, 0.3) is 0 Å². The van der Waals surface area contributed by atoms with E-state index in [-0.39, 0.29) is 17.8 Å². The van der Waals surface area contributed by atoms with E-state index < -0.39 is 0 Å². The lowest BCUT2D eigenvalue weighted by molar-refractivity contribution is 0.265. The maximum absolute atomic E-state index is 6.06. The summed E-state index contributed by atoms with van der Waals surface area (Å²) in [7, 11) is 0. The number of nitrogens with one attached hydrogen (secondary N) is 1. The molecule has 6 heteroatoms. The van der Waals surface area contributed by atoms with Gasteiger partial charge in [0.15, 0.2) is 0 Å². The summed E-state index contributed by atoms with van der Waals surface area (Å²) < 4.78 is 11.8. The van der Waals surface area contributed by atoms with E-state index >= 15 is 0 Å². The summed E-state index contributed by atoms with van der Waals surface area (Å²) in [6.45, 7) is 2.50. The molecule has 2 fully saturated rings. The predicted octanol–water partition coefficient (Wildman–Crippen LogP) is 4.38. The summed E-state index contributed by atoms with van der Waals surface area (Å²) in [5, 5.41) is 7.82. The number of benzene rings is 2. The number of hydrogen-bond acceptors (Lipinski definition) is 5. The van der Waals surface area contributed by atoms with Crippen LogP contribution in [0.5, 0.6) is 5.75 Å². The molecular formula is C22H24ClN3O2. The van der Waals surface area contributed by atoms with E-state index in [1.165, 1.54) is 12.8 Å². The highest BCUT2D eigenvalue weighted by Crippen LogP contribution is 2.47. The molecule has 1 saturated carbocycles. The van der Waals surface area contributed by atoms with Crippen molar-refractivity contribution in [1.29, 1.82) is 0 Å². The van der Waals surface area contributed by atoms with Gasteiger partial charge in [-0.15, -0.1) is 12.4 Å². The Labute approximate surface area is 170 Å². The summed E-state index contributed by atoms with van der Waals surface area (Å²) in [6.07, 6.45) is 3.60. The molecule has 2 atom stereocenters. The molecular weight excluding hydrogens is 374 g/mol. The Morgan fingerprint density at radius 1 is 1.11 bits per heavy atom. The van der Waals surface area contributed by atoms with Gasteiger partial charge in [-0.1, -0.05) is 54.0 Å². The maximum Gasteiger partial charge on any atom is 0.234 e. The van der Waals surface area contributed by atoms with Crippen LogP contribution in [0.15, 0.2) is 59.1 Å². The van der Waals surface area contributed by atoms with Crippen molar-refractivity contribution in [1.82, 2.24) is 15.5 Å². The summed E-state index contributed by atoms with van der Waals surface area (Å²) >= 11 is 0. The number of aromatic nitrogens is 2. The average Bonchev–Trinajstić information content (AvgIpc) is 3.42. The molecule has 28 heavy (non-hydrogen) atoms. The minimum absolute atomic E-state index is 0. The second-order valence-corrected chi connectivity index (χ2v) is 7.57. The standard InChI is InChI=1S/C22H23N3O2.ClH/c1-2-7-16(8-3-1)14-26-19-11-5-4-10-18(19)20-24-21(27-25-20)22-12-6-9-17(22)13-23-15-22;/h1-5,7-8,10-11,17,23H,6,9,12-15H2;1H/t17-,22-;/m1./s1. The third-order valence-electron chi connectivity index (χ3n) is 6.01. The van der Waals surface area contributed by atoms with E-state index in [9.17, 15) is 0 Å². The molecule has 5 nitrogen and oxygen atoms in total. The lowest BCUT2D eigenvalue weighted by Gasteiger charge is -2.22. The number of para-hydroxylation sites is 1. The van der Waals surface area contributed by atoms with Gasteiger partial charge in [0.05, 0.1) is 11.0 Å². The van der Waals surface area contributed by atoms with Crippen LogP contribution in [-0.2, 0) is 12.0 Å². The van der Waals surface area contributed by atoms with Gasteiger partial charge in [-0.05, 0) is 43.0 Å². The molecule has 1 aliphatic carbocycles. The monoisotopic (exact) mass is 397 g/mol. The van der Waals surface area contributed by atoms with Gasteiger partial charge in [0, 0.05) is 6.54 Å². The largest absolute Gasteiger partial charge is 0.488 e. The van der Waals surface area contributed by atoms with Gasteiger partial charge < -0.3 is 14.6 Å². The zero-order valence-corrected chi connectivity index (χ0v) is 16.5. The van der Waals surface area contributed by atoms with E-state index in [2.05, 4.69) is 22.6 Å². The first-order valence-electron chi connectivity index (χ1n) is 9.66. The minimum Gasteiger partial charge on any atom is -0.488 e. The van der Waals surface area contributed by atoms with Gasteiger partial charge in [-0.25, -0.2) is 0 Å². The van der Waals surface area contributed by atoms with Gasteiger partial charge in [0.1, 0.15) is 12.4 Å². The highest BCUT2D eigenvalue weighted by molar-refractivity contribution is 5.85. The van der Waals surface area contributed by atoms with E-state index in [4.69, 9.17) is 14.2 Å². The molecule has 0 radical (unpaired) electrons. The Kier molecular flexibility index (Phi) is 5.38. The van der Waals surface area contributed by atoms with Crippen molar-refractivity contribution < 1.29 is 9.26 Å². The average molecular weight is 398 g/mol. The molecule has 1 N–H and O–H groups in total. The van der Waals surface area contributed by atoms with Crippen LogP contribution in [0.1, 0.15) is 30.7 Å². The zero-order chi connectivity index (χ0) is 18.1. The highest BCUT2D eigenvalue weighted by Gasteiger charge is 2.51. The van der Waals surface area contributed by atoms with E-state index in [0.29, 0.717) is 18.3 Å². The molecule has 0 unspecified atom stereocenters. The summed E-state index contributed by atoms with van der Waals surface area (Å²) in [6, 6.07) is 18.1. The van der Waals surface area contributed by atoms with Crippen LogP contribution in [-0.4, -0.2) is 23.2 Å². The number of hydrogen-bond donors (Lipinski definition) is 1. The number of fused-ring (bicyclic) bond motifs is 1. The topological polar surface area (TPSA) is 60.2 Å². The fourth-order valence-electron chi connectivity index (χ4n) is 4.55. The normalized spacial score (nSPS) is 23.2. The summed E-state index contributed by atoms with van der Waals surface area (Å²) in [4.78, 5) is 4.81. The number of ether oxygens (including phenoxy) is 1. The molecule has 0 amide bonds. The van der Waals surface area contributed by atoms with E-state index in [1.807, 2.05) is 42.5 Å². The van der Waals surface area contributed by atoms with Crippen molar-refractivity contribution in [3.8, 4) is 17.1 Å². The fraction of sp³-hybridized carbons (Fsp3) is 0.364. The third-order valence-corrected chi connectivity index (χ3v) is 6.01. The van der Waals surface area contributed by atoms with E-state index in [1.54, 1.807) is 0 Å². The maximum atomic E-state index is 6.06. The lowest BCUT2D eigenvalue weighted by atomic mass is 9.80. The van der Waals surface area contributed by atoms with Gasteiger partial charge >= 0.3 is 0 Å². The zero-order valence-electron chi connectivity index (χ0n) is 15.6. The first-order valence-corrected chi connectivity index (χ1v) is 9.66. The SMILES string of the molecule is Cl.c1ccc(COc2ccccc2-c2noc([C@@]34CCC[C@@H]3CNC4)n2)cc1. The van der Waals surface area contributed by atoms with Crippen molar-refractivity contribution in [2.45, 2.75) is 31.3 Å². The molecule has 2 heterocycles. The van der Waals surface area contributed by atoms with Crippen LogP contribution in [0.25, 0.3) is 11.4 Å². The van der Waals surface area contributed by atoms with Crippen molar-refractivity contribution in [2.24, 2.45) is 5.92 Å². The molecule has 1 saturated heterocycles. The predicted molar refractivity (Wildman–Crippen MR) is 110 cm³/mol. The van der Waals surface area contributed by atoms with Crippen molar-refractivity contribution in [3.05, 3.63) is 66.1 Å². The molecule has 1 aliphatic heterocycles. The molecule has 5 rings (SSSR count). The molecule has 1 aromatic heterocycles. The first-order chi connectivity index (χ1) is 13.4. The highest BCUT2D eigenvalue weighted by atomic mass is 35.5. The van der Waals surface area contributed by atoms with Crippen LogP contribution >= 0.6 is 12.4 Å². The second kappa shape index (κ2) is 7.94. The fourth-order valence-corrected chi connectivity index (χ4v) is 4.55. The van der Waals surface area contributed by atoms with Crippen molar-refractivity contribution in [2.75, 3.05) is 13.1 Å². The van der Waals surface area contributed by atoms with E-state index in [0.717, 1.165) is 42.3 Å². The van der Waals surface area contributed by atoms with Gasteiger partial charge in [-0.3, -0.25) is 0 Å². The van der Waals surface area contributed by atoms with Gasteiger partial charge in [0.2, 0.25) is 11.7 Å². The number of rotatable bonds is 5. The number of nitrogens with zero attached hydrogens (tertiary/aromatic N) is 2. The van der Waals surface area contributed by atoms with Gasteiger partial charge in [-0.2, -0.15) is 4.98 Å². The Morgan fingerprint density at radius 2 is 1.93 bits per heavy atom. The van der Waals surface area contributed by atoms with Crippen LogP contribution in [0.2, 0.25) is 0 Å². The molecule has 2 aromatic carbocycles. The Morgan fingerprint density at radius 3 is 2.82 bits per heavy atom. The molecule has 3 aromatic rings. The molecule has 146 valence electrons. The van der Waals surface area contributed by atoms with Crippen LogP contribution < -0.4 is 10.1 Å². The minimum atomic E-state index is 0. The first kappa shape index (κ1) is 19.0. The third kappa shape index (κ3) is 3.29. The smallest absolute Gasteiger partial charge is 0.234 e. The quantitative estimate of drug-likeness (QED) is 0.692. The Bertz CT molecular complexity index is 918. The molecule has 0 spiro atoms. The number of halogens is 1. The molecule has 2 aliphatic rings. The van der Waals surface area contributed by atoms with Crippen molar-refractivity contribution >= 4 is 12.4 Å². The Hall–Kier alpha value is -2.37. The van der Waals surface area contributed by atoms with Crippen LogP contribution in [0.3, 0.4) is 0 Å². The second-order valence-electron chi connectivity index (χ2n) is 7.57. The van der Waals surface area contributed by atoms with Crippen LogP contribution in [0, 0.1) is 5.92 Å². The van der Waals surface area contributed by atoms with Crippen molar-refractivity contribution in [3.63, 3.8) is 0 Å². The molecule has 0 bridgehead atoms. The lowest BCUT2D eigenvalue weighted by Crippen LogP contribution is -2.31. The Balaban J connectivity index is 0.00000192. The summed E-state index contributed by atoms with van der Waals surface area (Å²) in [5.74, 6) is 2.78. The summed E-state index contributed by atoms with van der Waals surface area (Å²) in [5.41, 5.74) is 2.02.